The van der Waals surface area contributed by atoms with Gasteiger partial charge in [-0.15, -0.1) is 11.3 Å². The smallest absolute Gasteiger partial charge is 0.324 e. The van der Waals surface area contributed by atoms with E-state index in [0.29, 0.717) is 12.8 Å². The molecule has 1 aliphatic rings. The molecule has 0 amide bonds. The van der Waals surface area contributed by atoms with Crippen LogP contribution in [0.15, 0.2) is 6.20 Å². The van der Waals surface area contributed by atoms with Crippen molar-refractivity contribution in [3.63, 3.8) is 0 Å². The van der Waals surface area contributed by atoms with Crippen molar-refractivity contribution in [2.75, 3.05) is 6.54 Å². The molecule has 0 spiro atoms. The Balaban J connectivity index is 2.17. The number of carbonyl (C=O) groups is 1. The van der Waals surface area contributed by atoms with Gasteiger partial charge in [0.2, 0.25) is 0 Å². The minimum Gasteiger partial charge on any atom is -0.480 e. The van der Waals surface area contributed by atoms with E-state index in [1.54, 1.807) is 17.5 Å². The highest BCUT2D eigenvalue weighted by Gasteiger charge is 2.41. The number of aromatic nitrogens is 1. The zero-order valence-corrected chi connectivity index (χ0v) is 9.43. The zero-order chi connectivity index (χ0) is 10.9. The van der Waals surface area contributed by atoms with Gasteiger partial charge in [0, 0.05) is 17.5 Å². The number of nitrogens with one attached hydrogen (secondary N) is 1. The first-order chi connectivity index (χ1) is 7.12. The van der Waals surface area contributed by atoms with Crippen LogP contribution in [0.4, 0.5) is 0 Å². The number of aryl methyl sites for hydroxylation is 1. The van der Waals surface area contributed by atoms with Gasteiger partial charge in [-0.3, -0.25) is 4.79 Å². The predicted molar refractivity (Wildman–Crippen MR) is 58.2 cm³/mol. The molecule has 82 valence electrons. The van der Waals surface area contributed by atoms with Gasteiger partial charge in [-0.1, -0.05) is 0 Å². The van der Waals surface area contributed by atoms with Crippen LogP contribution in [0.3, 0.4) is 0 Å². The molecule has 0 aliphatic carbocycles. The first-order valence-corrected chi connectivity index (χ1v) is 5.84. The molecular weight excluding hydrogens is 212 g/mol. The minimum absolute atomic E-state index is 0.549. The van der Waals surface area contributed by atoms with Crippen molar-refractivity contribution in [1.82, 2.24) is 10.3 Å². The van der Waals surface area contributed by atoms with E-state index in [-0.39, 0.29) is 0 Å². The highest BCUT2D eigenvalue weighted by atomic mass is 32.1. The monoisotopic (exact) mass is 226 g/mol. The summed E-state index contributed by atoms with van der Waals surface area (Å²) in [5.41, 5.74) is -0.751. The molecule has 2 heterocycles. The lowest BCUT2D eigenvalue weighted by Gasteiger charge is -2.23. The summed E-state index contributed by atoms with van der Waals surface area (Å²) in [6.45, 7) is 2.73. The molecule has 0 aromatic carbocycles. The molecule has 1 fully saturated rings. The Hall–Kier alpha value is -0.940. The van der Waals surface area contributed by atoms with Gasteiger partial charge < -0.3 is 10.4 Å². The summed E-state index contributed by atoms with van der Waals surface area (Å²) in [5.74, 6) is -0.744. The Bertz CT molecular complexity index is 369. The largest absolute Gasteiger partial charge is 0.480 e. The number of aliphatic carboxylic acids is 1. The molecule has 2 N–H and O–H groups in total. The van der Waals surface area contributed by atoms with Crippen molar-refractivity contribution in [3.05, 3.63) is 16.1 Å². The van der Waals surface area contributed by atoms with Crippen LogP contribution in [0.5, 0.6) is 0 Å². The first kappa shape index (κ1) is 10.6. The lowest BCUT2D eigenvalue weighted by Crippen LogP contribution is -2.49. The van der Waals surface area contributed by atoms with Gasteiger partial charge in [0.05, 0.1) is 5.01 Å². The molecule has 1 atom stereocenters. The molecule has 1 saturated heterocycles. The topological polar surface area (TPSA) is 62.2 Å². The van der Waals surface area contributed by atoms with Gasteiger partial charge in [-0.2, -0.15) is 0 Å². The van der Waals surface area contributed by atoms with Gasteiger partial charge in [0.15, 0.2) is 0 Å². The summed E-state index contributed by atoms with van der Waals surface area (Å²) in [6, 6.07) is 0. The third-order valence-electron chi connectivity index (χ3n) is 2.80. The Labute approximate surface area is 92.3 Å². The Morgan fingerprint density at radius 1 is 1.80 bits per heavy atom. The summed E-state index contributed by atoms with van der Waals surface area (Å²) in [6.07, 6.45) is 3.97. The van der Waals surface area contributed by atoms with E-state index < -0.39 is 11.5 Å². The van der Waals surface area contributed by atoms with Crippen molar-refractivity contribution in [2.24, 2.45) is 0 Å². The highest BCUT2D eigenvalue weighted by molar-refractivity contribution is 7.11. The lowest BCUT2D eigenvalue weighted by atomic mass is 9.93. The molecule has 0 bridgehead atoms. The summed E-state index contributed by atoms with van der Waals surface area (Å²) in [4.78, 5) is 16.4. The average molecular weight is 226 g/mol. The average Bonchev–Trinajstić information content (AvgIpc) is 2.77. The lowest BCUT2D eigenvalue weighted by molar-refractivity contribution is -0.144. The second-order valence-electron chi connectivity index (χ2n) is 3.94. The van der Waals surface area contributed by atoms with Crippen molar-refractivity contribution < 1.29 is 9.90 Å². The van der Waals surface area contributed by atoms with Gasteiger partial charge >= 0.3 is 5.97 Å². The minimum atomic E-state index is -0.751. The quantitative estimate of drug-likeness (QED) is 0.813. The molecule has 1 unspecified atom stereocenters. The second-order valence-corrected chi connectivity index (χ2v) is 5.26. The van der Waals surface area contributed by atoms with Gasteiger partial charge in [0.25, 0.3) is 0 Å². The number of rotatable bonds is 3. The standard InChI is InChI=1S/C10H14N2O2S/c1-7-11-6-8(15-7)5-10(9(13)14)3-2-4-12-10/h6,12H,2-5H2,1H3,(H,13,14). The fourth-order valence-corrected chi connectivity index (χ4v) is 2.91. The number of hydrogen-bond acceptors (Lipinski definition) is 4. The highest BCUT2D eigenvalue weighted by Crippen LogP contribution is 2.26. The fourth-order valence-electron chi connectivity index (χ4n) is 2.00. The molecule has 4 nitrogen and oxygen atoms in total. The van der Waals surface area contributed by atoms with Crippen LogP contribution in [0, 0.1) is 6.92 Å². The summed E-state index contributed by atoms with van der Waals surface area (Å²) < 4.78 is 0. The fraction of sp³-hybridized carbons (Fsp3) is 0.600. The van der Waals surface area contributed by atoms with Crippen molar-refractivity contribution >= 4 is 17.3 Å². The molecule has 1 aliphatic heterocycles. The van der Waals surface area contributed by atoms with E-state index in [1.807, 2.05) is 6.92 Å². The maximum absolute atomic E-state index is 11.3. The van der Waals surface area contributed by atoms with Crippen LogP contribution >= 0.6 is 11.3 Å². The maximum atomic E-state index is 11.3. The Kier molecular flexibility index (Phi) is 2.75. The zero-order valence-electron chi connectivity index (χ0n) is 8.62. The van der Waals surface area contributed by atoms with Crippen molar-refractivity contribution in [3.8, 4) is 0 Å². The third kappa shape index (κ3) is 2.03. The molecule has 0 radical (unpaired) electrons. The maximum Gasteiger partial charge on any atom is 0.324 e. The third-order valence-corrected chi connectivity index (χ3v) is 3.71. The van der Waals surface area contributed by atoms with Crippen LogP contribution in [0.25, 0.3) is 0 Å². The molecule has 1 aromatic heterocycles. The SMILES string of the molecule is Cc1ncc(CC2(C(=O)O)CCCN2)s1. The predicted octanol–water partition coefficient (Wildman–Crippen LogP) is 1.20. The van der Waals surface area contributed by atoms with Gasteiger partial charge in [0.1, 0.15) is 5.54 Å². The molecule has 2 rings (SSSR count). The normalized spacial score (nSPS) is 25.7. The van der Waals surface area contributed by atoms with Crippen LogP contribution in [-0.4, -0.2) is 28.1 Å². The van der Waals surface area contributed by atoms with E-state index >= 15 is 0 Å². The number of hydrogen-bond donors (Lipinski definition) is 2. The molecule has 5 heteroatoms. The number of nitrogens with zero attached hydrogens (tertiary/aromatic N) is 1. The number of thiazole rings is 1. The van der Waals surface area contributed by atoms with Crippen molar-refractivity contribution in [1.29, 1.82) is 0 Å². The van der Waals surface area contributed by atoms with Crippen molar-refractivity contribution in [2.45, 2.75) is 31.7 Å². The summed E-state index contributed by atoms with van der Waals surface area (Å²) >= 11 is 1.58. The van der Waals surface area contributed by atoms with Gasteiger partial charge in [-0.05, 0) is 26.3 Å². The molecule has 0 saturated carbocycles. The Morgan fingerprint density at radius 3 is 3.07 bits per heavy atom. The molecule has 15 heavy (non-hydrogen) atoms. The van der Waals surface area contributed by atoms with Crippen LogP contribution in [-0.2, 0) is 11.2 Å². The van der Waals surface area contributed by atoms with Gasteiger partial charge in [-0.25, -0.2) is 4.98 Å². The first-order valence-electron chi connectivity index (χ1n) is 5.02. The van der Waals surface area contributed by atoms with E-state index in [9.17, 15) is 9.90 Å². The summed E-state index contributed by atoms with van der Waals surface area (Å²) in [5, 5.41) is 13.3. The molecular formula is C10H14N2O2S. The van der Waals surface area contributed by atoms with E-state index in [2.05, 4.69) is 10.3 Å². The Morgan fingerprint density at radius 2 is 2.60 bits per heavy atom. The second kappa shape index (κ2) is 3.90. The molecule has 1 aromatic rings. The number of carboxylic acids is 1. The van der Waals surface area contributed by atoms with E-state index in [1.165, 1.54) is 0 Å². The van der Waals surface area contributed by atoms with E-state index in [0.717, 1.165) is 22.9 Å². The van der Waals surface area contributed by atoms with Crippen LogP contribution in [0.1, 0.15) is 22.7 Å². The van der Waals surface area contributed by atoms with Crippen LogP contribution in [0.2, 0.25) is 0 Å². The van der Waals surface area contributed by atoms with Crippen LogP contribution < -0.4 is 5.32 Å². The summed E-state index contributed by atoms with van der Waals surface area (Å²) in [7, 11) is 0. The van der Waals surface area contributed by atoms with E-state index in [4.69, 9.17) is 0 Å². The number of carboxylic acid groups (broad SMARTS) is 1.